The van der Waals surface area contributed by atoms with Crippen LogP contribution in [0.5, 0.6) is 0 Å². The van der Waals surface area contributed by atoms with Crippen molar-refractivity contribution in [1.82, 2.24) is 25.1 Å². The first-order valence-corrected chi connectivity index (χ1v) is 6.78. The number of carbonyl (C=O) groups excluding carboxylic acids is 1. The van der Waals surface area contributed by atoms with Crippen LogP contribution < -0.4 is 11.1 Å². The molecule has 2 heterocycles. The number of anilines is 1. The summed E-state index contributed by atoms with van der Waals surface area (Å²) in [6.45, 7) is 6.27. The second-order valence-corrected chi connectivity index (χ2v) is 5.25. The second-order valence-electron chi connectivity index (χ2n) is 5.25. The zero-order chi connectivity index (χ0) is 15.6. The molecule has 0 unspecified atom stereocenters. The van der Waals surface area contributed by atoms with Crippen molar-refractivity contribution < 1.29 is 4.79 Å². The van der Waals surface area contributed by atoms with E-state index in [1.165, 1.54) is 6.20 Å². The molecule has 2 aromatic rings. The summed E-state index contributed by atoms with van der Waals surface area (Å²) in [5, 5.41) is 6.95. The Morgan fingerprint density at radius 3 is 2.71 bits per heavy atom. The minimum absolute atomic E-state index is 0.137. The van der Waals surface area contributed by atoms with E-state index in [1.54, 1.807) is 10.9 Å². The minimum Gasteiger partial charge on any atom is -0.396 e. The molecule has 21 heavy (non-hydrogen) atoms. The van der Waals surface area contributed by atoms with Gasteiger partial charge in [-0.15, -0.1) is 0 Å². The molecule has 0 aliphatic rings. The third-order valence-corrected chi connectivity index (χ3v) is 3.34. The Balaban J connectivity index is 2.13. The van der Waals surface area contributed by atoms with Crippen molar-refractivity contribution in [2.75, 3.05) is 5.73 Å². The molecule has 0 aliphatic heterocycles. The molecule has 1 amide bonds. The molecule has 0 aliphatic carbocycles. The summed E-state index contributed by atoms with van der Waals surface area (Å²) in [6.07, 6.45) is 3.21. The molecule has 0 bridgehead atoms. The number of hydrogen-bond donors (Lipinski definition) is 2. The van der Waals surface area contributed by atoms with Crippen molar-refractivity contribution >= 4 is 11.6 Å². The van der Waals surface area contributed by atoms with Crippen LogP contribution in [0.4, 0.5) is 5.69 Å². The highest BCUT2D eigenvalue weighted by Gasteiger charge is 2.15. The van der Waals surface area contributed by atoms with E-state index in [0.717, 1.165) is 11.3 Å². The van der Waals surface area contributed by atoms with Crippen LogP contribution in [-0.4, -0.2) is 25.7 Å². The Bertz CT molecular complexity index is 661. The van der Waals surface area contributed by atoms with Gasteiger partial charge >= 0.3 is 0 Å². The smallest absolute Gasteiger partial charge is 0.272 e. The first kappa shape index (κ1) is 15.0. The molecule has 112 valence electrons. The van der Waals surface area contributed by atoms with Gasteiger partial charge < -0.3 is 11.1 Å². The van der Waals surface area contributed by atoms with E-state index in [0.29, 0.717) is 12.4 Å². The Kier molecular flexibility index (Phi) is 4.21. The lowest BCUT2D eigenvalue weighted by molar-refractivity contribution is 0.0946. The summed E-state index contributed by atoms with van der Waals surface area (Å²) in [4.78, 5) is 20.6. The van der Waals surface area contributed by atoms with Crippen molar-refractivity contribution in [3.05, 3.63) is 35.2 Å². The zero-order valence-electron chi connectivity index (χ0n) is 12.7. The lowest BCUT2D eigenvalue weighted by atomic mass is 10.2. The molecule has 3 N–H and O–H groups in total. The van der Waals surface area contributed by atoms with Gasteiger partial charge in [0.1, 0.15) is 5.82 Å². The van der Waals surface area contributed by atoms with E-state index in [4.69, 9.17) is 5.73 Å². The molecule has 0 aromatic carbocycles. The highest BCUT2D eigenvalue weighted by Crippen LogP contribution is 2.14. The van der Waals surface area contributed by atoms with Gasteiger partial charge in [-0.3, -0.25) is 9.48 Å². The van der Waals surface area contributed by atoms with Gasteiger partial charge in [0.15, 0.2) is 5.69 Å². The van der Waals surface area contributed by atoms with E-state index in [2.05, 4.69) is 20.4 Å². The van der Waals surface area contributed by atoms with Gasteiger partial charge in [-0.05, 0) is 6.92 Å². The topological polar surface area (TPSA) is 98.7 Å². The van der Waals surface area contributed by atoms with E-state index in [1.807, 2.05) is 27.8 Å². The van der Waals surface area contributed by atoms with Crippen LogP contribution in [-0.2, 0) is 13.6 Å². The van der Waals surface area contributed by atoms with Crippen LogP contribution >= 0.6 is 0 Å². The fraction of sp³-hybridized carbons (Fsp3) is 0.429. The third-order valence-electron chi connectivity index (χ3n) is 3.34. The Morgan fingerprint density at radius 2 is 2.14 bits per heavy atom. The number of aromatic nitrogens is 4. The molecule has 0 saturated heterocycles. The first-order valence-electron chi connectivity index (χ1n) is 6.78. The monoisotopic (exact) mass is 288 g/mol. The number of nitrogen functional groups attached to an aromatic ring is 1. The van der Waals surface area contributed by atoms with Crippen molar-refractivity contribution in [3.8, 4) is 0 Å². The van der Waals surface area contributed by atoms with Gasteiger partial charge in [-0.25, -0.2) is 9.97 Å². The highest BCUT2D eigenvalue weighted by molar-refractivity contribution is 5.96. The predicted octanol–water partition coefficient (Wildman–Crippen LogP) is 1.15. The molecule has 7 heteroatoms. The number of amides is 1. The average Bonchev–Trinajstić information content (AvgIpc) is 2.76. The molecule has 0 atom stereocenters. The van der Waals surface area contributed by atoms with E-state index in [9.17, 15) is 4.79 Å². The molecular weight excluding hydrogens is 268 g/mol. The van der Waals surface area contributed by atoms with Gasteiger partial charge in [0, 0.05) is 30.8 Å². The van der Waals surface area contributed by atoms with Crippen LogP contribution in [0.15, 0.2) is 12.4 Å². The second kappa shape index (κ2) is 5.90. The van der Waals surface area contributed by atoms with Crippen LogP contribution in [0.2, 0.25) is 0 Å². The Hall–Kier alpha value is -2.44. The Labute approximate surface area is 123 Å². The normalized spacial score (nSPS) is 10.9. The van der Waals surface area contributed by atoms with Crippen LogP contribution in [0.25, 0.3) is 0 Å². The molecule has 0 radical (unpaired) electrons. The number of nitrogens with zero attached hydrogens (tertiary/aromatic N) is 4. The van der Waals surface area contributed by atoms with E-state index < -0.39 is 0 Å². The molecule has 0 saturated carbocycles. The number of hydrogen-bond acceptors (Lipinski definition) is 5. The summed E-state index contributed by atoms with van der Waals surface area (Å²) in [7, 11) is 1.86. The maximum Gasteiger partial charge on any atom is 0.272 e. The summed E-state index contributed by atoms with van der Waals surface area (Å²) in [5.74, 6) is 0.435. The van der Waals surface area contributed by atoms with Gasteiger partial charge in [-0.1, -0.05) is 13.8 Å². The van der Waals surface area contributed by atoms with Crippen LogP contribution in [0.1, 0.15) is 47.3 Å². The molecule has 7 nitrogen and oxygen atoms in total. The average molecular weight is 288 g/mol. The van der Waals surface area contributed by atoms with Crippen molar-refractivity contribution in [2.24, 2.45) is 7.05 Å². The summed E-state index contributed by atoms with van der Waals surface area (Å²) in [6, 6.07) is 0. The molecular formula is C14H20N6O. The number of aryl methyl sites for hydroxylation is 1. The van der Waals surface area contributed by atoms with Crippen LogP contribution in [0.3, 0.4) is 0 Å². The van der Waals surface area contributed by atoms with Gasteiger partial charge in [0.05, 0.1) is 18.1 Å². The molecule has 0 spiro atoms. The quantitative estimate of drug-likeness (QED) is 0.879. The van der Waals surface area contributed by atoms with Gasteiger partial charge in [-0.2, -0.15) is 5.10 Å². The van der Waals surface area contributed by atoms with Crippen LogP contribution in [0, 0.1) is 6.92 Å². The fourth-order valence-electron chi connectivity index (χ4n) is 1.84. The number of nitrogens with one attached hydrogen (secondary N) is 1. The minimum atomic E-state index is -0.306. The Morgan fingerprint density at radius 1 is 1.43 bits per heavy atom. The van der Waals surface area contributed by atoms with Crippen molar-refractivity contribution in [1.29, 1.82) is 0 Å². The van der Waals surface area contributed by atoms with E-state index in [-0.39, 0.29) is 23.2 Å². The predicted molar refractivity (Wildman–Crippen MR) is 79.6 cm³/mol. The van der Waals surface area contributed by atoms with Crippen molar-refractivity contribution in [3.63, 3.8) is 0 Å². The maximum atomic E-state index is 12.2. The number of rotatable bonds is 4. The maximum absolute atomic E-state index is 12.2. The van der Waals surface area contributed by atoms with Gasteiger partial charge in [0.2, 0.25) is 0 Å². The molecule has 2 rings (SSSR count). The number of carbonyl (C=O) groups is 1. The van der Waals surface area contributed by atoms with E-state index >= 15 is 0 Å². The lowest BCUT2D eigenvalue weighted by Gasteiger charge is -2.09. The van der Waals surface area contributed by atoms with Gasteiger partial charge in [0.25, 0.3) is 5.91 Å². The van der Waals surface area contributed by atoms with Crippen molar-refractivity contribution in [2.45, 2.75) is 33.2 Å². The summed E-state index contributed by atoms with van der Waals surface area (Å²) in [5.41, 5.74) is 8.26. The lowest BCUT2D eigenvalue weighted by Crippen LogP contribution is -2.26. The SMILES string of the molecule is Cc1c(CNC(=O)c2nc(C(C)C)ncc2N)cnn1C. The molecule has 2 aromatic heterocycles. The largest absolute Gasteiger partial charge is 0.396 e. The standard InChI is InChI=1S/C14H20N6O/c1-8(2)13-16-7-11(15)12(19-13)14(21)17-5-10-6-18-20(4)9(10)3/h6-8H,5,15H2,1-4H3,(H,17,21). The first-order chi connectivity index (χ1) is 9.90. The summed E-state index contributed by atoms with van der Waals surface area (Å²) < 4.78 is 1.76. The summed E-state index contributed by atoms with van der Waals surface area (Å²) >= 11 is 0. The molecule has 0 fully saturated rings. The number of nitrogens with two attached hydrogens (primary N) is 1. The highest BCUT2D eigenvalue weighted by atomic mass is 16.1. The third kappa shape index (κ3) is 3.18. The fourth-order valence-corrected chi connectivity index (χ4v) is 1.84. The zero-order valence-corrected chi connectivity index (χ0v) is 12.7.